The van der Waals surface area contributed by atoms with Gasteiger partial charge in [-0.05, 0) is 53.5 Å². The van der Waals surface area contributed by atoms with Crippen molar-refractivity contribution in [3.63, 3.8) is 0 Å². The van der Waals surface area contributed by atoms with E-state index in [-0.39, 0.29) is 11.2 Å². The molecule has 2 aromatic rings. The fourth-order valence-electron chi connectivity index (χ4n) is 2.28. The minimum absolute atomic E-state index is 0.190. The molecule has 0 radical (unpaired) electrons. The summed E-state index contributed by atoms with van der Waals surface area (Å²) in [5.41, 5.74) is 1.65. The molecule has 6 heteroatoms. The van der Waals surface area contributed by atoms with Crippen LogP contribution in [0.4, 0.5) is 4.39 Å². The number of thioether (sulfide) groups is 1. The molecule has 1 heterocycles. The minimum Gasteiger partial charge on any atom is -0.326 e. The highest BCUT2D eigenvalue weighted by Gasteiger charge is 2.18. The summed E-state index contributed by atoms with van der Waals surface area (Å²) in [6, 6.07) is 3.35. The van der Waals surface area contributed by atoms with Crippen molar-refractivity contribution in [1.82, 2.24) is 9.55 Å². The van der Waals surface area contributed by atoms with Crippen LogP contribution in [0.15, 0.2) is 12.1 Å². The third kappa shape index (κ3) is 3.42. The van der Waals surface area contributed by atoms with Gasteiger partial charge in [0, 0.05) is 12.6 Å². The Morgan fingerprint density at radius 3 is 2.75 bits per heavy atom. The molecule has 2 atom stereocenters. The van der Waals surface area contributed by atoms with Gasteiger partial charge in [0.1, 0.15) is 11.6 Å². The number of aromatic nitrogens is 2. The summed E-state index contributed by atoms with van der Waals surface area (Å²) in [5, 5.41) is -0.190. The van der Waals surface area contributed by atoms with Gasteiger partial charge in [0.25, 0.3) is 0 Å². The second kappa shape index (κ2) is 6.83. The van der Waals surface area contributed by atoms with E-state index in [4.69, 9.17) is 11.6 Å². The number of alkyl halides is 1. The number of benzene rings is 1. The standard InChI is InChI=1S/C14H17ClFIN2S/c1-8(7-20-3)6-19-13-4-10(16)11(17)5-12(13)18-14(19)9(2)15/h4-5,8-9H,6-7H2,1-3H3. The van der Waals surface area contributed by atoms with Gasteiger partial charge in [-0.25, -0.2) is 9.37 Å². The van der Waals surface area contributed by atoms with Crippen LogP contribution in [0.2, 0.25) is 0 Å². The molecule has 110 valence electrons. The Morgan fingerprint density at radius 1 is 1.45 bits per heavy atom. The lowest BCUT2D eigenvalue weighted by Gasteiger charge is -2.15. The van der Waals surface area contributed by atoms with Crippen molar-refractivity contribution in [3.8, 4) is 0 Å². The number of rotatable bonds is 5. The zero-order valence-corrected chi connectivity index (χ0v) is 15.4. The summed E-state index contributed by atoms with van der Waals surface area (Å²) in [7, 11) is 0. The zero-order valence-electron chi connectivity index (χ0n) is 11.7. The number of nitrogens with zero attached hydrogens (tertiary/aromatic N) is 2. The highest BCUT2D eigenvalue weighted by molar-refractivity contribution is 14.1. The van der Waals surface area contributed by atoms with E-state index in [1.165, 1.54) is 0 Å². The Hall–Kier alpha value is -0.0100. The maximum absolute atomic E-state index is 13.8. The lowest BCUT2D eigenvalue weighted by molar-refractivity contribution is 0.523. The summed E-state index contributed by atoms with van der Waals surface area (Å²) in [6.45, 7) is 4.90. The largest absolute Gasteiger partial charge is 0.326 e. The molecule has 0 amide bonds. The van der Waals surface area contributed by atoms with Crippen molar-refractivity contribution in [2.75, 3.05) is 12.0 Å². The molecule has 0 fully saturated rings. The van der Waals surface area contributed by atoms with Gasteiger partial charge in [-0.15, -0.1) is 11.6 Å². The first kappa shape index (κ1) is 16.4. The number of hydrogen-bond donors (Lipinski definition) is 0. The fraction of sp³-hybridized carbons (Fsp3) is 0.500. The van der Waals surface area contributed by atoms with Crippen LogP contribution in [0.5, 0.6) is 0 Å². The molecule has 0 N–H and O–H groups in total. The molecule has 0 aliphatic heterocycles. The predicted molar refractivity (Wildman–Crippen MR) is 94.2 cm³/mol. The predicted octanol–water partition coefficient (Wildman–Crippen LogP) is 5.08. The molecular weight excluding hydrogens is 410 g/mol. The maximum atomic E-state index is 13.8. The van der Waals surface area contributed by atoms with E-state index >= 15 is 0 Å². The van der Waals surface area contributed by atoms with Crippen molar-refractivity contribution in [2.24, 2.45) is 5.92 Å². The molecule has 20 heavy (non-hydrogen) atoms. The van der Waals surface area contributed by atoms with Crippen molar-refractivity contribution in [2.45, 2.75) is 25.8 Å². The monoisotopic (exact) mass is 426 g/mol. The summed E-state index contributed by atoms with van der Waals surface area (Å²) in [6.07, 6.45) is 2.09. The van der Waals surface area contributed by atoms with Crippen molar-refractivity contribution in [1.29, 1.82) is 0 Å². The average molecular weight is 427 g/mol. The van der Waals surface area contributed by atoms with E-state index in [2.05, 4.69) is 22.7 Å². The van der Waals surface area contributed by atoms with Crippen LogP contribution >= 0.6 is 46.0 Å². The molecule has 1 aromatic carbocycles. The van der Waals surface area contributed by atoms with E-state index in [0.29, 0.717) is 9.49 Å². The van der Waals surface area contributed by atoms with Gasteiger partial charge in [-0.2, -0.15) is 11.8 Å². The lowest BCUT2D eigenvalue weighted by Crippen LogP contribution is -2.13. The molecule has 0 aliphatic carbocycles. The molecule has 0 bridgehead atoms. The second-order valence-corrected chi connectivity index (χ2v) is 7.74. The third-order valence-corrected chi connectivity index (χ3v) is 5.05. The molecule has 2 unspecified atom stereocenters. The van der Waals surface area contributed by atoms with E-state index in [1.54, 1.807) is 12.1 Å². The van der Waals surface area contributed by atoms with Crippen molar-refractivity contribution in [3.05, 3.63) is 27.3 Å². The van der Waals surface area contributed by atoms with Crippen LogP contribution in [-0.4, -0.2) is 21.6 Å². The number of hydrogen-bond acceptors (Lipinski definition) is 2. The van der Waals surface area contributed by atoms with E-state index < -0.39 is 0 Å². The first-order valence-corrected chi connectivity index (χ1v) is 9.33. The second-order valence-electron chi connectivity index (χ2n) is 5.01. The Bertz CT molecular complexity index is 615. The van der Waals surface area contributed by atoms with Gasteiger partial charge >= 0.3 is 0 Å². The Labute approximate surface area is 141 Å². The Balaban J connectivity index is 2.53. The molecule has 0 saturated heterocycles. The summed E-state index contributed by atoms with van der Waals surface area (Å²) < 4.78 is 16.5. The summed E-state index contributed by atoms with van der Waals surface area (Å²) >= 11 is 10.0. The first-order chi connectivity index (χ1) is 9.43. The first-order valence-electron chi connectivity index (χ1n) is 6.42. The number of fused-ring (bicyclic) bond motifs is 1. The van der Waals surface area contributed by atoms with E-state index in [9.17, 15) is 4.39 Å². The topological polar surface area (TPSA) is 17.8 Å². The SMILES string of the molecule is CSCC(C)Cn1c(C(C)Cl)nc2cc(I)c(F)cc21. The van der Waals surface area contributed by atoms with Gasteiger partial charge in [0.05, 0.1) is 20.0 Å². The van der Waals surface area contributed by atoms with E-state index in [1.807, 2.05) is 41.3 Å². The molecular formula is C14H17ClFIN2S. The number of halogens is 3. The van der Waals surface area contributed by atoms with Crippen LogP contribution in [0.25, 0.3) is 11.0 Å². The number of imidazole rings is 1. The molecule has 0 aliphatic rings. The maximum Gasteiger partial charge on any atom is 0.138 e. The smallest absolute Gasteiger partial charge is 0.138 e. The van der Waals surface area contributed by atoms with Crippen LogP contribution < -0.4 is 0 Å². The zero-order chi connectivity index (χ0) is 14.9. The van der Waals surface area contributed by atoms with Crippen LogP contribution in [0, 0.1) is 15.3 Å². The highest BCUT2D eigenvalue weighted by atomic mass is 127. The Kier molecular flexibility index (Phi) is 5.59. The van der Waals surface area contributed by atoms with Crippen LogP contribution in [0.1, 0.15) is 25.0 Å². The molecule has 2 nitrogen and oxygen atoms in total. The summed E-state index contributed by atoms with van der Waals surface area (Å²) in [4.78, 5) is 4.58. The third-order valence-electron chi connectivity index (χ3n) is 3.12. The van der Waals surface area contributed by atoms with Crippen LogP contribution in [-0.2, 0) is 6.54 Å². The van der Waals surface area contributed by atoms with Crippen molar-refractivity contribution < 1.29 is 4.39 Å². The quantitative estimate of drug-likeness (QED) is 0.490. The Morgan fingerprint density at radius 2 is 2.15 bits per heavy atom. The molecule has 2 rings (SSSR count). The highest BCUT2D eigenvalue weighted by Crippen LogP contribution is 2.28. The normalized spacial score (nSPS) is 14.7. The van der Waals surface area contributed by atoms with Gasteiger partial charge in [-0.3, -0.25) is 0 Å². The fourth-order valence-corrected chi connectivity index (χ4v) is 3.57. The molecule has 0 saturated carbocycles. The van der Waals surface area contributed by atoms with Crippen molar-refractivity contribution >= 4 is 57.0 Å². The van der Waals surface area contributed by atoms with Gasteiger partial charge in [0.15, 0.2) is 0 Å². The van der Waals surface area contributed by atoms with Crippen LogP contribution in [0.3, 0.4) is 0 Å². The average Bonchev–Trinajstić information content (AvgIpc) is 2.69. The van der Waals surface area contributed by atoms with Gasteiger partial charge < -0.3 is 4.57 Å². The molecule has 1 aromatic heterocycles. The molecule has 0 spiro atoms. The van der Waals surface area contributed by atoms with Gasteiger partial charge in [-0.1, -0.05) is 6.92 Å². The lowest BCUT2D eigenvalue weighted by atomic mass is 10.2. The summed E-state index contributed by atoms with van der Waals surface area (Å²) in [5.74, 6) is 2.16. The van der Waals surface area contributed by atoms with E-state index in [0.717, 1.165) is 29.2 Å². The minimum atomic E-state index is -0.203. The van der Waals surface area contributed by atoms with Gasteiger partial charge in [0.2, 0.25) is 0 Å².